The minimum atomic E-state index is -4.36. The molecule has 0 N–H and O–H groups in total. The van der Waals surface area contributed by atoms with Gasteiger partial charge in [0.1, 0.15) is 6.61 Å². The fourth-order valence-corrected chi connectivity index (χ4v) is 1.28. The number of nitrogens with zero attached hydrogens (tertiary/aromatic N) is 1. The summed E-state index contributed by atoms with van der Waals surface area (Å²) < 4.78 is 41.5. The lowest BCUT2D eigenvalue weighted by Crippen LogP contribution is -2.17. The standard InChI is InChI=1S/C13H14F3NO3/c1-9(12(18)19-2)8-20-17-7-10-3-5-11(6-4-10)13(14,15)16/h3-7,9H,8H2,1-2H3/b17-7+/t9-/m0/s1. The van der Waals surface area contributed by atoms with E-state index >= 15 is 0 Å². The highest BCUT2D eigenvalue weighted by molar-refractivity contribution is 5.79. The van der Waals surface area contributed by atoms with Gasteiger partial charge in [-0.3, -0.25) is 4.79 Å². The molecule has 1 aromatic carbocycles. The predicted octanol–water partition coefficient (Wildman–Crippen LogP) is 2.87. The Morgan fingerprint density at radius 3 is 2.45 bits per heavy atom. The third-order valence-electron chi connectivity index (χ3n) is 2.44. The van der Waals surface area contributed by atoms with Gasteiger partial charge in [-0.15, -0.1) is 0 Å². The van der Waals surface area contributed by atoms with Crippen LogP contribution in [0.1, 0.15) is 18.1 Å². The monoisotopic (exact) mass is 289 g/mol. The van der Waals surface area contributed by atoms with Crippen LogP contribution in [0.15, 0.2) is 29.4 Å². The number of carbonyl (C=O) groups is 1. The zero-order valence-corrected chi connectivity index (χ0v) is 11.0. The SMILES string of the molecule is COC(=O)[C@@H](C)CO/N=C/c1ccc(C(F)(F)F)cc1. The average molecular weight is 289 g/mol. The molecular formula is C13H14F3NO3. The molecule has 0 fully saturated rings. The zero-order chi connectivity index (χ0) is 15.2. The summed E-state index contributed by atoms with van der Waals surface area (Å²) >= 11 is 0. The van der Waals surface area contributed by atoms with Crippen LogP contribution in [-0.4, -0.2) is 25.9 Å². The number of hydrogen-bond acceptors (Lipinski definition) is 4. The molecule has 1 aromatic rings. The van der Waals surface area contributed by atoms with E-state index in [1.54, 1.807) is 6.92 Å². The van der Waals surface area contributed by atoms with Crippen molar-refractivity contribution in [1.82, 2.24) is 0 Å². The van der Waals surface area contributed by atoms with E-state index in [0.717, 1.165) is 12.1 Å². The second-order valence-electron chi connectivity index (χ2n) is 4.07. The summed E-state index contributed by atoms with van der Waals surface area (Å²) in [7, 11) is 1.27. The molecule has 0 unspecified atom stereocenters. The lowest BCUT2D eigenvalue weighted by molar-refractivity contribution is -0.146. The molecule has 0 heterocycles. The van der Waals surface area contributed by atoms with Crippen LogP contribution in [0.4, 0.5) is 13.2 Å². The van der Waals surface area contributed by atoms with Crippen molar-refractivity contribution in [3.8, 4) is 0 Å². The minimum absolute atomic E-state index is 0.0316. The number of esters is 1. The van der Waals surface area contributed by atoms with E-state index in [4.69, 9.17) is 4.84 Å². The topological polar surface area (TPSA) is 47.9 Å². The van der Waals surface area contributed by atoms with Gasteiger partial charge in [-0.2, -0.15) is 13.2 Å². The summed E-state index contributed by atoms with van der Waals surface area (Å²) in [6.07, 6.45) is -3.09. The van der Waals surface area contributed by atoms with E-state index in [-0.39, 0.29) is 6.61 Å². The third kappa shape index (κ3) is 4.91. The lowest BCUT2D eigenvalue weighted by atomic mass is 10.1. The maximum absolute atomic E-state index is 12.3. The molecule has 1 atom stereocenters. The molecule has 0 bridgehead atoms. The van der Waals surface area contributed by atoms with E-state index in [0.29, 0.717) is 5.56 Å². The Hall–Kier alpha value is -2.05. The van der Waals surface area contributed by atoms with Crippen LogP contribution in [0.3, 0.4) is 0 Å². The number of oxime groups is 1. The summed E-state index contributed by atoms with van der Waals surface area (Å²) in [5.41, 5.74) is -0.265. The maximum Gasteiger partial charge on any atom is 0.416 e. The van der Waals surface area contributed by atoms with Gasteiger partial charge >= 0.3 is 12.1 Å². The largest absolute Gasteiger partial charge is 0.469 e. The molecule has 20 heavy (non-hydrogen) atoms. The Morgan fingerprint density at radius 1 is 1.35 bits per heavy atom. The molecule has 1 rings (SSSR count). The number of carbonyl (C=O) groups excluding carboxylic acids is 1. The second kappa shape index (κ2) is 6.93. The summed E-state index contributed by atoms with van der Waals surface area (Å²) in [6.45, 7) is 1.64. The van der Waals surface area contributed by atoms with E-state index in [1.165, 1.54) is 25.5 Å². The van der Waals surface area contributed by atoms with Gasteiger partial charge in [-0.25, -0.2) is 0 Å². The fraction of sp³-hybridized carbons (Fsp3) is 0.385. The Bertz CT molecular complexity index is 469. The molecular weight excluding hydrogens is 275 g/mol. The Balaban J connectivity index is 2.49. The first-order chi connectivity index (χ1) is 9.34. The van der Waals surface area contributed by atoms with Crippen LogP contribution < -0.4 is 0 Å². The quantitative estimate of drug-likeness (QED) is 0.476. The van der Waals surface area contributed by atoms with Crippen LogP contribution >= 0.6 is 0 Å². The van der Waals surface area contributed by atoms with Crippen LogP contribution in [0.25, 0.3) is 0 Å². The van der Waals surface area contributed by atoms with Crippen molar-refractivity contribution in [3.05, 3.63) is 35.4 Å². The number of halogens is 3. The smallest absolute Gasteiger partial charge is 0.416 e. The molecule has 0 saturated heterocycles. The van der Waals surface area contributed by atoms with E-state index in [9.17, 15) is 18.0 Å². The van der Waals surface area contributed by atoms with Crippen LogP contribution in [0, 0.1) is 5.92 Å². The molecule has 110 valence electrons. The summed E-state index contributed by atoms with van der Waals surface area (Å²) in [5, 5.41) is 3.58. The van der Waals surface area contributed by atoms with Crippen molar-refractivity contribution in [2.75, 3.05) is 13.7 Å². The molecule has 0 aromatic heterocycles. The van der Waals surface area contributed by atoms with Gasteiger partial charge in [0, 0.05) is 0 Å². The normalized spacial score (nSPS) is 13.2. The number of benzene rings is 1. The molecule has 0 amide bonds. The van der Waals surface area contributed by atoms with Crippen molar-refractivity contribution in [2.24, 2.45) is 11.1 Å². The molecule has 0 saturated carbocycles. The Morgan fingerprint density at radius 2 is 1.95 bits per heavy atom. The van der Waals surface area contributed by atoms with E-state index < -0.39 is 23.6 Å². The average Bonchev–Trinajstić information content (AvgIpc) is 2.42. The van der Waals surface area contributed by atoms with Crippen molar-refractivity contribution in [1.29, 1.82) is 0 Å². The number of methoxy groups -OCH3 is 1. The van der Waals surface area contributed by atoms with Crippen molar-refractivity contribution >= 4 is 12.2 Å². The van der Waals surface area contributed by atoms with Crippen LogP contribution in [0.2, 0.25) is 0 Å². The fourth-order valence-electron chi connectivity index (χ4n) is 1.28. The first-order valence-electron chi connectivity index (χ1n) is 5.75. The summed E-state index contributed by atoms with van der Waals surface area (Å²) in [5.74, 6) is -0.889. The molecule has 4 nitrogen and oxygen atoms in total. The highest BCUT2D eigenvalue weighted by Gasteiger charge is 2.29. The predicted molar refractivity (Wildman–Crippen MR) is 66.2 cm³/mol. The van der Waals surface area contributed by atoms with Crippen molar-refractivity contribution in [3.63, 3.8) is 0 Å². The highest BCUT2D eigenvalue weighted by Crippen LogP contribution is 2.28. The second-order valence-corrected chi connectivity index (χ2v) is 4.07. The van der Waals surface area contributed by atoms with E-state index in [2.05, 4.69) is 9.89 Å². The Kier molecular flexibility index (Phi) is 5.54. The molecule has 7 heteroatoms. The Labute approximate surface area is 114 Å². The molecule has 0 aliphatic carbocycles. The molecule has 0 spiro atoms. The van der Waals surface area contributed by atoms with Gasteiger partial charge in [0.25, 0.3) is 0 Å². The number of ether oxygens (including phenoxy) is 1. The van der Waals surface area contributed by atoms with Gasteiger partial charge in [0.2, 0.25) is 0 Å². The van der Waals surface area contributed by atoms with Gasteiger partial charge in [0.15, 0.2) is 0 Å². The lowest BCUT2D eigenvalue weighted by Gasteiger charge is -2.07. The molecule has 0 radical (unpaired) electrons. The zero-order valence-electron chi connectivity index (χ0n) is 11.0. The molecule has 0 aliphatic heterocycles. The maximum atomic E-state index is 12.3. The van der Waals surface area contributed by atoms with Crippen LogP contribution in [0.5, 0.6) is 0 Å². The van der Waals surface area contributed by atoms with Crippen molar-refractivity contribution in [2.45, 2.75) is 13.1 Å². The minimum Gasteiger partial charge on any atom is -0.469 e. The number of rotatable bonds is 5. The molecule has 0 aliphatic rings. The van der Waals surface area contributed by atoms with Gasteiger partial charge in [-0.05, 0) is 24.6 Å². The first-order valence-corrected chi connectivity index (χ1v) is 5.75. The number of alkyl halides is 3. The van der Waals surface area contributed by atoms with Gasteiger partial charge < -0.3 is 9.57 Å². The van der Waals surface area contributed by atoms with Crippen LogP contribution in [-0.2, 0) is 20.5 Å². The van der Waals surface area contributed by atoms with E-state index in [1.807, 2.05) is 0 Å². The third-order valence-corrected chi connectivity index (χ3v) is 2.44. The summed E-state index contributed by atoms with van der Waals surface area (Å²) in [4.78, 5) is 15.9. The first kappa shape index (κ1) is 16.0. The van der Waals surface area contributed by atoms with Gasteiger partial charge in [-0.1, -0.05) is 17.3 Å². The summed E-state index contributed by atoms with van der Waals surface area (Å²) in [6, 6.07) is 4.47. The van der Waals surface area contributed by atoms with Crippen molar-refractivity contribution < 1.29 is 27.5 Å². The number of hydrogen-bond donors (Lipinski definition) is 0. The van der Waals surface area contributed by atoms with Gasteiger partial charge in [0.05, 0.1) is 24.8 Å². The highest BCUT2D eigenvalue weighted by atomic mass is 19.4.